The Kier molecular flexibility index (Phi) is 4.52. The van der Waals surface area contributed by atoms with Crippen molar-refractivity contribution in [3.63, 3.8) is 0 Å². The standard InChI is InChI=1S/C10H15O2/c1-5-7(2)10(12)9(4)8(3)6-11/h5-6,11H,1-4H3. The molecule has 0 aliphatic rings. The van der Waals surface area contributed by atoms with Gasteiger partial charge in [-0.05, 0) is 44.4 Å². The quantitative estimate of drug-likeness (QED) is 0.655. The van der Waals surface area contributed by atoms with Gasteiger partial charge in [-0.1, -0.05) is 6.08 Å². The first-order valence-electron chi connectivity index (χ1n) is 3.87. The highest BCUT2D eigenvalue weighted by Gasteiger charge is 2.08. The third kappa shape index (κ3) is 2.62. The van der Waals surface area contributed by atoms with Gasteiger partial charge >= 0.3 is 0 Å². The summed E-state index contributed by atoms with van der Waals surface area (Å²) >= 11 is 0. The lowest BCUT2D eigenvalue weighted by atomic mass is 10.0. The van der Waals surface area contributed by atoms with Gasteiger partial charge in [0.1, 0.15) is 6.61 Å². The second-order valence-electron chi connectivity index (χ2n) is 2.74. The largest absolute Gasteiger partial charge is 0.386 e. The molecule has 0 spiro atoms. The highest BCUT2D eigenvalue weighted by molar-refractivity contribution is 6.07. The number of aliphatic hydroxyl groups excluding tert-OH is 1. The molecule has 2 heteroatoms. The zero-order valence-corrected chi connectivity index (χ0v) is 8.01. The topological polar surface area (TPSA) is 37.3 Å². The third-order valence-electron chi connectivity index (χ3n) is 1.92. The van der Waals surface area contributed by atoms with Crippen molar-refractivity contribution in [3.05, 3.63) is 29.4 Å². The predicted molar refractivity (Wildman–Crippen MR) is 49.0 cm³/mol. The van der Waals surface area contributed by atoms with E-state index >= 15 is 0 Å². The summed E-state index contributed by atoms with van der Waals surface area (Å²) in [5, 5.41) is 8.65. The van der Waals surface area contributed by atoms with E-state index in [2.05, 4.69) is 0 Å². The van der Waals surface area contributed by atoms with Gasteiger partial charge in [-0.15, -0.1) is 0 Å². The highest BCUT2D eigenvalue weighted by atomic mass is 16.3. The minimum Gasteiger partial charge on any atom is -0.386 e. The maximum absolute atomic E-state index is 11.4. The van der Waals surface area contributed by atoms with Crippen LogP contribution in [0.2, 0.25) is 0 Å². The summed E-state index contributed by atoms with van der Waals surface area (Å²) in [5.41, 5.74) is 1.91. The monoisotopic (exact) mass is 167 g/mol. The average Bonchev–Trinajstić information content (AvgIpc) is 2.12. The maximum atomic E-state index is 11.4. The number of allylic oxidation sites excluding steroid dienone is 3. The van der Waals surface area contributed by atoms with Crippen LogP contribution in [-0.4, -0.2) is 10.9 Å². The summed E-state index contributed by atoms with van der Waals surface area (Å²) in [6, 6.07) is 0. The number of rotatable bonds is 3. The fraction of sp³-hybridized carbons (Fsp3) is 0.400. The number of hydrogen-bond donors (Lipinski definition) is 1. The molecule has 0 aromatic heterocycles. The van der Waals surface area contributed by atoms with Crippen LogP contribution in [0.1, 0.15) is 27.7 Å². The molecule has 0 fully saturated rings. The fourth-order valence-corrected chi connectivity index (χ4v) is 0.703. The third-order valence-corrected chi connectivity index (χ3v) is 1.92. The summed E-state index contributed by atoms with van der Waals surface area (Å²) in [6.07, 6.45) is 1.76. The molecule has 0 heterocycles. The second-order valence-corrected chi connectivity index (χ2v) is 2.74. The van der Waals surface area contributed by atoms with Gasteiger partial charge in [-0.25, -0.2) is 0 Å². The van der Waals surface area contributed by atoms with Crippen molar-refractivity contribution in [2.45, 2.75) is 27.7 Å². The van der Waals surface area contributed by atoms with Gasteiger partial charge < -0.3 is 5.11 Å². The molecular weight excluding hydrogens is 152 g/mol. The lowest BCUT2D eigenvalue weighted by Gasteiger charge is -2.03. The van der Waals surface area contributed by atoms with Crippen molar-refractivity contribution in [3.8, 4) is 0 Å². The van der Waals surface area contributed by atoms with Crippen LogP contribution in [0.3, 0.4) is 0 Å². The van der Waals surface area contributed by atoms with Gasteiger partial charge in [0.05, 0.1) is 0 Å². The molecule has 0 saturated carbocycles. The Balaban J connectivity index is 4.73. The first-order valence-corrected chi connectivity index (χ1v) is 3.87. The zero-order chi connectivity index (χ0) is 9.72. The van der Waals surface area contributed by atoms with E-state index in [-0.39, 0.29) is 5.78 Å². The van der Waals surface area contributed by atoms with E-state index in [4.69, 9.17) is 5.11 Å². The maximum Gasteiger partial charge on any atom is 0.184 e. The van der Waals surface area contributed by atoms with Crippen LogP contribution in [0.25, 0.3) is 0 Å². The minimum absolute atomic E-state index is 0.0136. The number of aliphatic hydroxyl groups is 1. The van der Waals surface area contributed by atoms with Crippen molar-refractivity contribution in [2.24, 2.45) is 0 Å². The van der Waals surface area contributed by atoms with Gasteiger partial charge in [0, 0.05) is 0 Å². The van der Waals surface area contributed by atoms with E-state index in [1.165, 1.54) is 0 Å². The summed E-state index contributed by atoms with van der Waals surface area (Å²) in [7, 11) is 0. The number of carbonyl (C=O) groups excluding carboxylic acids is 1. The Bertz CT molecular complexity index is 234. The smallest absolute Gasteiger partial charge is 0.184 e. The SMILES string of the molecule is CC=C(C)C(=O)C(C)=C(C)[CH]O. The average molecular weight is 167 g/mol. The molecule has 0 bridgehead atoms. The summed E-state index contributed by atoms with van der Waals surface area (Å²) in [4.78, 5) is 11.4. The molecule has 0 aromatic rings. The van der Waals surface area contributed by atoms with E-state index in [0.29, 0.717) is 16.7 Å². The van der Waals surface area contributed by atoms with Crippen LogP contribution in [0.5, 0.6) is 0 Å². The van der Waals surface area contributed by atoms with Crippen LogP contribution in [0, 0.1) is 6.61 Å². The Hall–Kier alpha value is -0.890. The number of carbonyl (C=O) groups is 1. The second kappa shape index (κ2) is 4.88. The first-order chi connectivity index (χ1) is 5.54. The predicted octanol–water partition coefficient (Wildman–Crippen LogP) is 2.39. The fourth-order valence-electron chi connectivity index (χ4n) is 0.703. The Labute approximate surface area is 73.6 Å². The van der Waals surface area contributed by atoms with E-state index in [9.17, 15) is 4.79 Å². The van der Waals surface area contributed by atoms with E-state index < -0.39 is 0 Å². The first kappa shape index (κ1) is 11.1. The van der Waals surface area contributed by atoms with Crippen LogP contribution >= 0.6 is 0 Å². The molecule has 0 atom stereocenters. The van der Waals surface area contributed by atoms with Crippen LogP contribution in [0.15, 0.2) is 22.8 Å². The molecule has 12 heavy (non-hydrogen) atoms. The van der Waals surface area contributed by atoms with Crippen molar-refractivity contribution in [2.75, 3.05) is 0 Å². The molecule has 0 aliphatic heterocycles. The molecule has 0 aliphatic carbocycles. The van der Waals surface area contributed by atoms with E-state index in [0.717, 1.165) is 6.61 Å². The molecule has 2 nitrogen and oxygen atoms in total. The lowest BCUT2D eigenvalue weighted by Crippen LogP contribution is -2.03. The van der Waals surface area contributed by atoms with E-state index in [1.54, 1.807) is 26.8 Å². The van der Waals surface area contributed by atoms with Crippen molar-refractivity contribution >= 4 is 5.78 Å². The van der Waals surface area contributed by atoms with Crippen molar-refractivity contribution in [1.82, 2.24) is 0 Å². The van der Waals surface area contributed by atoms with Gasteiger partial charge in [0.25, 0.3) is 0 Å². The summed E-state index contributed by atoms with van der Waals surface area (Å²) in [6.45, 7) is 7.94. The molecule has 1 N–H and O–H groups in total. The van der Waals surface area contributed by atoms with Crippen LogP contribution in [-0.2, 0) is 4.79 Å². The number of hydrogen-bond acceptors (Lipinski definition) is 2. The Morgan fingerprint density at radius 1 is 1.25 bits per heavy atom. The molecule has 1 radical (unpaired) electrons. The van der Waals surface area contributed by atoms with E-state index in [1.807, 2.05) is 6.92 Å². The summed E-state index contributed by atoms with van der Waals surface area (Å²) in [5.74, 6) is -0.0136. The molecule has 0 unspecified atom stereocenters. The van der Waals surface area contributed by atoms with Crippen LogP contribution < -0.4 is 0 Å². The molecular formula is C10H15O2. The zero-order valence-electron chi connectivity index (χ0n) is 8.01. The van der Waals surface area contributed by atoms with Gasteiger partial charge in [-0.3, -0.25) is 4.79 Å². The Morgan fingerprint density at radius 2 is 1.75 bits per heavy atom. The molecule has 0 aromatic carbocycles. The highest BCUT2D eigenvalue weighted by Crippen LogP contribution is 2.11. The van der Waals surface area contributed by atoms with Crippen molar-refractivity contribution < 1.29 is 9.90 Å². The van der Waals surface area contributed by atoms with Crippen molar-refractivity contribution in [1.29, 1.82) is 0 Å². The lowest BCUT2D eigenvalue weighted by molar-refractivity contribution is -0.112. The minimum atomic E-state index is -0.0136. The number of Topliss-reactive ketones (excluding diaryl/α,β-unsaturated/α-hetero) is 1. The van der Waals surface area contributed by atoms with Gasteiger partial charge in [-0.2, -0.15) is 0 Å². The molecule has 0 saturated heterocycles. The molecule has 0 rings (SSSR count). The van der Waals surface area contributed by atoms with Gasteiger partial charge in [0.15, 0.2) is 5.78 Å². The normalized spacial score (nSPS) is 14.2. The molecule has 67 valence electrons. The molecule has 0 amide bonds. The van der Waals surface area contributed by atoms with Gasteiger partial charge in [0.2, 0.25) is 0 Å². The van der Waals surface area contributed by atoms with Crippen LogP contribution in [0.4, 0.5) is 0 Å². The summed E-state index contributed by atoms with van der Waals surface area (Å²) < 4.78 is 0. The Morgan fingerprint density at radius 3 is 2.08 bits per heavy atom. The number of ketones is 1.